The molecular formula is C14H20N2O3. The molecule has 0 aliphatic rings. The lowest BCUT2D eigenvalue weighted by Gasteiger charge is -2.21. The maximum absolute atomic E-state index is 11.9. The molecule has 0 aliphatic carbocycles. The Morgan fingerprint density at radius 2 is 1.95 bits per heavy atom. The van der Waals surface area contributed by atoms with Gasteiger partial charge in [-0.1, -0.05) is 18.2 Å². The van der Waals surface area contributed by atoms with Crippen LogP contribution >= 0.6 is 0 Å². The quantitative estimate of drug-likeness (QED) is 0.833. The summed E-state index contributed by atoms with van der Waals surface area (Å²) in [5.74, 6) is -1.43. The number of rotatable bonds is 5. The molecule has 3 N–H and O–H groups in total. The van der Waals surface area contributed by atoms with Crippen molar-refractivity contribution in [2.75, 3.05) is 7.05 Å². The number of amides is 1. The summed E-state index contributed by atoms with van der Waals surface area (Å²) in [7, 11) is 1.62. The molecule has 1 aromatic rings. The van der Waals surface area contributed by atoms with Crippen molar-refractivity contribution < 1.29 is 14.7 Å². The van der Waals surface area contributed by atoms with Crippen molar-refractivity contribution in [1.29, 1.82) is 0 Å². The van der Waals surface area contributed by atoms with E-state index in [4.69, 9.17) is 10.8 Å². The van der Waals surface area contributed by atoms with E-state index >= 15 is 0 Å². The first-order valence-corrected chi connectivity index (χ1v) is 6.09. The molecule has 0 bridgehead atoms. The van der Waals surface area contributed by atoms with Crippen molar-refractivity contribution in [3.8, 4) is 0 Å². The number of hydrogen-bond acceptors (Lipinski definition) is 3. The first kappa shape index (κ1) is 15.2. The highest BCUT2D eigenvalue weighted by molar-refractivity contribution is 5.85. The number of nitrogens with two attached hydrogens (primary N) is 1. The van der Waals surface area contributed by atoms with Gasteiger partial charge in [-0.2, -0.15) is 0 Å². The second-order valence-electron chi connectivity index (χ2n) is 4.82. The predicted octanol–water partition coefficient (Wildman–Crippen LogP) is 1.06. The van der Waals surface area contributed by atoms with Crippen molar-refractivity contribution in [3.05, 3.63) is 34.9 Å². The van der Waals surface area contributed by atoms with Gasteiger partial charge in [0.2, 0.25) is 5.91 Å². The van der Waals surface area contributed by atoms with Gasteiger partial charge in [-0.25, -0.2) is 0 Å². The molecule has 5 nitrogen and oxygen atoms in total. The van der Waals surface area contributed by atoms with Crippen LogP contribution in [0.15, 0.2) is 18.2 Å². The van der Waals surface area contributed by atoms with E-state index in [1.807, 2.05) is 32.0 Å². The number of carboxylic acids is 1. The molecule has 0 aliphatic heterocycles. The van der Waals surface area contributed by atoms with Crippen molar-refractivity contribution in [3.63, 3.8) is 0 Å². The average Bonchev–Trinajstić information content (AvgIpc) is 2.32. The Kier molecular flexibility index (Phi) is 5.06. The van der Waals surface area contributed by atoms with E-state index in [0.29, 0.717) is 6.54 Å². The number of likely N-dealkylation sites (N-methyl/N-ethyl adjacent to an activating group) is 1. The number of benzene rings is 1. The molecule has 1 aromatic carbocycles. The Bertz CT molecular complexity index is 486. The van der Waals surface area contributed by atoms with Gasteiger partial charge in [0.05, 0.1) is 12.5 Å². The normalized spacial score (nSPS) is 12.0. The summed E-state index contributed by atoms with van der Waals surface area (Å²) in [4.78, 5) is 23.9. The zero-order chi connectivity index (χ0) is 14.6. The maximum Gasteiger partial charge on any atom is 0.305 e. The van der Waals surface area contributed by atoms with Gasteiger partial charge < -0.3 is 15.7 Å². The molecule has 0 spiro atoms. The fourth-order valence-corrected chi connectivity index (χ4v) is 1.81. The predicted molar refractivity (Wildman–Crippen MR) is 72.6 cm³/mol. The highest BCUT2D eigenvalue weighted by Gasteiger charge is 2.20. The van der Waals surface area contributed by atoms with Crippen LogP contribution in [0.4, 0.5) is 0 Å². The zero-order valence-corrected chi connectivity index (χ0v) is 11.5. The third-order valence-corrected chi connectivity index (χ3v) is 3.08. The third kappa shape index (κ3) is 4.37. The van der Waals surface area contributed by atoms with Crippen LogP contribution < -0.4 is 5.73 Å². The van der Waals surface area contributed by atoms with Gasteiger partial charge in [0.25, 0.3) is 0 Å². The van der Waals surface area contributed by atoms with Crippen LogP contribution in [0.5, 0.6) is 0 Å². The molecule has 1 rings (SSSR count). The van der Waals surface area contributed by atoms with Crippen LogP contribution in [0.2, 0.25) is 0 Å². The maximum atomic E-state index is 11.9. The number of carbonyl (C=O) groups excluding carboxylic acids is 1. The Morgan fingerprint density at radius 3 is 2.47 bits per heavy atom. The van der Waals surface area contributed by atoms with Crippen LogP contribution in [0.25, 0.3) is 0 Å². The van der Waals surface area contributed by atoms with Crippen LogP contribution in [-0.4, -0.2) is 35.0 Å². The topological polar surface area (TPSA) is 83.6 Å². The van der Waals surface area contributed by atoms with Crippen LogP contribution in [0.1, 0.15) is 23.1 Å². The molecule has 19 heavy (non-hydrogen) atoms. The molecule has 104 valence electrons. The van der Waals surface area contributed by atoms with Gasteiger partial charge in [0.1, 0.15) is 0 Å². The van der Waals surface area contributed by atoms with E-state index in [2.05, 4.69) is 0 Å². The van der Waals surface area contributed by atoms with Crippen molar-refractivity contribution >= 4 is 11.9 Å². The summed E-state index contributed by atoms with van der Waals surface area (Å²) in [5, 5.41) is 8.62. The monoisotopic (exact) mass is 264 g/mol. The second kappa shape index (κ2) is 6.33. The van der Waals surface area contributed by atoms with Gasteiger partial charge in [0, 0.05) is 13.6 Å². The largest absolute Gasteiger partial charge is 0.481 e. The van der Waals surface area contributed by atoms with E-state index in [0.717, 1.165) is 11.1 Å². The molecule has 0 fully saturated rings. The Labute approximate surface area is 113 Å². The smallest absolute Gasteiger partial charge is 0.305 e. The lowest BCUT2D eigenvalue weighted by atomic mass is 10.1. The van der Waals surface area contributed by atoms with Gasteiger partial charge >= 0.3 is 5.97 Å². The molecule has 0 radical (unpaired) electrons. The van der Waals surface area contributed by atoms with Crippen molar-refractivity contribution in [1.82, 2.24) is 4.90 Å². The highest BCUT2D eigenvalue weighted by Crippen LogP contribution is 2.12. The van der Waals surface area contributed by atoms with Gasteiger partial charge in [-0.15, -0.1) is 0 Å². The molecule has 1 unspecified atom stereocenters. The Balaban J connectivity index is 2.68. The lowest BCUT2D eigenvalue weighted by molar-refractivity contribution is -0.141. The zero-order valence-electron chi connectivity index (χ0n) is 11.5. The summed E-state index contributed by atoms with van der Waals surface area (Å²) in [5.41, 5.74) is 8.91. The lowest BCUT2D eigenvalue weighted by Crippen LogP contribution is -2.42. The Hall–Kier alpha value is -1.88. The van der Waals surface area contributed by atoms with Crippen LogP contribution in [-0.2, 0) is 16.1 Å². The minimum atomic E-state index is -1.07. The minimum Gasteiger partial charge on any atom is -0.481 e. The minimum absolute atomic E-state index is 0.351. The molecular weight excluding hydrogens is 244 g/mol. The molecule has 0 saturated carbocycles. The third-order valence-electron chi connectivity index (χ3n) is 3.08. The number of carbonyl (C=O) groups is 2. The number of hydrogen-bond donors (Lipinski definition) is 2. The van der Waals surface area contributed by atoms with E-state index in [1.165, 1.54) is 10.5 Å². The average molecular weight is 264 g/mol. The number of nitrogens with zero attached hydrogens (tertiary/aromatic N) is 1. The molecule has 5 heteroatoms. The molecule has 0 heterocycles. The summed E-state index contributed by atoms with van der Waals surface area (Å²) in [6.07, 6.45) is -0.351. The van der Waals surface area contributed by atoms with E-state index in [1.54, 1.807) is 7.05 Å². The first-order chi connectivity index (χ1) is 8.81. The van der Waals surface area contributed by atoms with Crippen molar-refractivity contribution in [2.24, 2.45) is 5.73 Å². The SMILES string of the molecule is Cc1ccc(CN(C)C(=O)C(N)CC(=O)O)cc1C. The van der Waals surface area contributed by atoms with Crippen LogP contribution in [0, 0.1) is 13.8 Å². The van der Waals surface area contributed by atoms with Gasteiger partial charge in [-0.05, 0) is 30.5 Å². The first-order valence-electron chi connectivity index (χ1n) is 6.09. The summed E-state index contributed by atoms with van der Waals surface area (Å²) in [6, 6.07) is 4.98. The number of carboxylic acid groups (broad SMARTS) is 1. The van der Waals surface area contributed by atoms with E-state index in [9.17, 15) is 9.59 Å². The van der Waals surface area contributed by atoms with E-state index in [-0.39, 0.29) is 12.3 Å². The molecule has 1 atom stereocenters. The van der Waals surface area contributed by atoms with E-state index < -0.39 is 12.0 Å². The molecule has 0 aromatic heterocycles. The van der Waals surface area contributed by atoms with Gasteiger partial charge in [-0.3, -0.25) is 9.59 Å². The number of aryl methyl sites for hydroxylation is 2. The highest BCUT2D eigenvalue weighted by atomic mass is 16.4. The summed E-state index contributed by atoms with van der Waals surface area (Å²) in [6.45, 7) is 4.46. The standard InChI is InChI=1S/C14H20N2O3/c1-9-4-5-11(6-10(9)2)8-16(3)14(19)12(15)7-13(17)18/h4-6,12H,7-8,15H2,1-3H3,(H,17,18). The fraction of sp³-hybridized carbons (Fsp3) is 0.429. The van der Waals surface area contributed by atoms with Crippen LogP contribution in [0.3, 0.4) is 0 Å². The number of aliphatic carboxylic acids is 1. The second-order valence-corrected chi connectivity index (χ2v) is 4.82. The fourth-order valence-electron chi connectivity index (χ4n) is 1.81. The van der Waals surface area contributed by atoms with Gasteiger partial charge in [0.15, 0.2) is 0 Å². The Morgan fingerprint density at radius 1 is 1.32 bits per heavy atom. The van der Waals surface area contributed by atoms with Crippen molar-refractivity contribution in [2.45, 2.75) is 32.9 Å². The molecule has 1 amide bonds. The summed E-state index contributed by atoms with van der Waals surface area (Å²) < 4.78 is 0. The molecule has 0 saturated heterocycles. The summed E-state index contributed by atoms with van der Waals surface area (Å²) >= 11 is 0.